The van der Waals surface area contributed by atoms with E-state index in [0.717, 1.165) is 32.4 Å². The van der Waals surface area contributed by atoms with Crippen LogP contribution < -0.4 is 16.0 Å². The lowest BCUT2D eigenvalue weighted by molar-refractivity contribution is -0.122. The number of phenols is 6. The smallest absolute Gasteiger partial charge is 0.220 e. The Morgan fingerprint density at radius 2 is 0.981 bits per heavy atom. The van der Waals surface area contributed by atoms with Gasteiger partial charge in [-0.1, -0.05) is 48.6 Å². The number of amides is 2. The Labute approximate surface area is 304 Å². The molecule has 0 saturated carbocycles. The molecule has 0 aliphatic carbocycles. The minimum atomic E-state index is -0.104. The van der Waals surface area contributed by atoms with Crippen LogP contribution in [0, 0.1) is 13.8 Å². The Morgan fingerprint density at radius 1 is 0.558 bits per heavy atom. The van der Waals surface area contributed by atoms with Crippen LogP contribution in [0.4, 0.5) is 0 Å². The molecule has 11 nitrogen and oxygen atoms in total. The van der Waals surface area contributed by atoms with Crippen LogP contribution in [-0.2, 0) is 9.59 Å². The topological polar surface area (TPSA) is 192 Å². The van der Waals surface area contributed by atoms with Crippen molar-refractivity contribution in [3.05, 3.63) is 70.8 Å². The molecular formula is C41H51N3O8. The van der Waals surface area contributed by atoms with E-state index in [9.17, 15) is 40.2 Å². The molecule has 0 atom stereocenters. The maximum absolute atomic E-state index is 12.2. The third-order valence-corrected chi connectivity index (χ3v) is 9.17. The molecule has 0 heterocycles. The Morgan fingerprint density at radius 3 is 1.46 bits per heavy atom. The summed E-state index contributed by atoms with van der Waals surface area (Å²) >= 11 is 0. The van der Waals surface area contributed by atoms with Gasteiger partial charge in [0.2, 0.25) is 11.8 Å². The second kappa shape index (κ2) is 19.3. The molecule has 0 saturated heterocycles. The standard InChI is InChI=1S/C41H51N3O8/c1-26-28(40(51)36-30(38(26)49)16-11-18-32(36)45)14-5-3-7-20-34(47)43-24-10-9-22-42-23-13-25-44-35(48)21-8-4-6-15-29-27(2)39(50)31-17-12-19-33(46)37(31)41(29)52/h5-6,11-12,14-19,42,45-46,49-52H,3-4,7-10,13,20-25H2,1-2H3,(H,43,47)(H,44,48)/b14-5+,15-6+. The highest BCUT2D eigenvalue weighted by Gasteiger charge is 2.18. The summed E-state index contributed by atoms with van der Waals surface area (Å²) in [5, 5.41) is 73.2. The number of hydrogen-bond donors (Lipinski definition) is 9. The van der Waals surface area contributed by atoms with Crippen LogP contribution in [0.25, 0.3) is 33.7 Å². The average Bonchev–Trinajstić information content (AvgIpc) is 3.12. The maximum atomic E-state index is 12.2. The number of aromatic hydroxyl groups is 6. The largest absolute Gasteiger partial charge is 0.507 e. The van der Waals surface area contributed by atoms with Crippen molar-refractivity contribution in [2.24, 2.45) is 0 Å². The van der Waals surface area contributed by atoms with Gasteiger partial charge in [-0.2, -0.15) is 0 Å². The first kappa shape index (κ1) is 39.4. The summed E-state index contributed by atoms with van der Waals surface area (Å²) in [6, 6.07) is 9.42. The van der Waals surface area contributed by atoms with Crippen molar-refractivity contribution in [1.29, 1.82) is 0 Å². The predicted octanol–water partition coefficient (Wildman–Crippen LogP) is 6.90. The zero-order chi connectivity index (χ0) is 37.6. The second-order valence-corrected chi connectivity index (χ2v) is 13.0. The highest BCUT2D eigenvalue weighted by molar-refractivity contribution is 6.02. The number of hydrogen-bond acceptors (Lipinski definition) is 9. The van der Waals surface area contributed by atoms with E-state index in [2.05, 4.69) is 16.0 Å². The molecule has 0 aliphatic heterocycles. The van der Waals surface area contributed by atoms with Crippen molar-refractivity contribution in [1.82, 2.24) is 16.0 Å². The van der Waals surface area contributed by atoms with Gasteiger partial charge in [0, 0.05) is 59.0 Å². The molecule has 4 rings (SSSR count). The number of fused-ring (bicyclic) bond motifs is 2. The normalized spacial score (nSPS) is 11.7. The maximum Gasteiger partial charge on any atom is 0.220 e. The van der Waals surface area contributed by atoms with Crippen molar-refractivity contribution in [3.8, 4) is 34.5 Å². The minimum Gasteiger partial charge on any atom is -0.507 e. The van der Waals surface area contributed by atoms with E-state index in [1.807, 2.05) is 12.2 Å². The van der Waals surface area contributed by atoms with Crippen molar-refractivity contribution in [2.45, 2.75) is 71.6 Å². The Hall–Kier alpha value is -5.42. The van der Waals surface area contributed by atoms with Crippen LogP contribution in [0.1, 0.15) is 80.0 Å². The molecule has 4 aromatic carbocycles. The summed E-state index contributed by atoms with van der Waals surface area (Å²) in [6.45, 7) is 6.19. The fourth-order valence-corrected chi connectivity index (χ4v) is 6.17. The lowest BCUT2D eigenvalue weighted by Gasteiger charge is -2.12. The van der Waals surface area contributed by atoms with E-state index in [-0.39, 0.29) is 57.1 Å². The first-order chi connectivity index (χ1) is 25.0. The number of carbonyl (C=O) groups excluding carboxylic acids is 2. The quantitative estimate of drug-likeness (QED) is 0.0367. The first-order valence-corrected chi connectivity index (χ1v) is 17.9. The Bertz CT molecular complexity index is 1800. The zero-order valence-corrected chi connectivity index (χ0v) is 30.0. The van der Waals surface area contributed by atoms with Gasteiger partial charge in [0.15, 0.2) is 0 Å². The van der Waals surface area contributed by atoms with E-state index in [1.54, 1.807) is 50.3 Å². The van der Waals surface area contributed by atoms with Gasteiger partial charge in [0.05, 0.1) is 10.8 Å². The molecule has 4 aromatic rings. The third-order valence-electron chi connectivity index (χ3n) is 9.17. The van der Waals surface area contributed by atoms with Crippen LogP contribution in [0.2, 0.25) is 0 Å². The number of benzene rings is 4. The molecule has 278 valence electrons. The van der Waals surface area contributed by atoms with Gasteiger partial charge in [-0.05, 0) is 84.0 Å². The van der Waals surface area contributed by atoms with E-state index in [0.29, 0.717) is 84.6 Å². The van der Waals surface area contributed by atoms with Crippen LogP contribution >= 0.6 is 0 Å². The number of rotatable bonds is 19. The molecule has 11 heteroatoms. The fourth-order valence-electron chi connectivity index (χ4n) is 6.17. The van der Waals surface area contributed by atoms with Gasteiger partial charge in [-0.15, -0.1) is 0 Å². The molecule has 0 radical (unpaired) electrons. The highest BCUT2D eigenvalue weighted by atomic mass is 16.3. The summed E-state index contributed by atoms with van der Waals surface area (Å²) in [6.07, 6.45) is 12.9. The first-order valence-electron chi connectivity index (χ1n) is 17.9. The van der Waals surface area contributed by atoms with Gasteiger partial charge in [0.25, 0.3) is 0 Å². The molecule has 0 unspecified atom stereocenters. The lowest BCUT2D eigenvalue weighted by Crippen LogP contribution is -2.28. The van der Waals surface area contributed by atoms with Crippen molar-refractivity contribution < 1.29 is 40.2 Å². The van der Waals surface area contributed by atoms with Gasteiger partial charge >= 0.3 is 0 Å². The summed E-state index contributed by atoms with van der Waals surface area (Å²) in [5.74, 6) is -0.389. The minimum absolute atomic E-state index is 0.0128. The Kier molecular flexibility index (Phi) is 14.6. The number of phenolic OH excluding ortho intramolecular Hbond substituents is 6. The molecule has 2 amide bonds. The van der Waals surface area contributed by atoms with Crippen molar-refractivity contribution in [3.63, 3.8) is 0 Å². The van der Waals surface area contributed by atoms with Crippen molar-refractivity contribution >= 4 is 45.5 Å². The predicted molar refractivity (Wildman–Crippen MR) is 206 cm³/mol. The van der Waals surface area contributed by atoms with Crippen molar-refractivity contribution in [2.75, 3.05) is 26.2 Å². The van der Waals surface area contributed by atoms with Gasteiger partial charge < -0.3 is 46.6 Å². The molecule has 9 N–H and O–H groups in total. The van der Waals surface area contributed by atoms with E-state index >= 15 is 0 Å². The van der Waals surface area contributed by atoms with Gasteiger partial charge in [-0.3, -0.25) is 9.59 Å². The fraction of sp³-hybridized carbons (Fsp3) is 0.366. The van der Waals surface area contributed by atoms with Crippen LogP contribution in [0.3, 0.4) is 0 Å². The molecule has 0 bridgehead atoms. The Balaban J connectivity index is 0.997. The summed E-state index contributed by atoms with van der Waals surface area (Å²) in [4.78, 5) is 24.4. The van der Waals surface area contributed by atoms with Gasteiger partial charge in [-0.25, -0.2) is 0 Å². The molecular weight excluding hydrogens is 662 g/mol. The average molecular weight is 714 g/mol. The van der Waals surface area contributed by atoms with E-state index in [1.165, 1.54) is 12.1 Å². The third kappa shape index (κ3) is 10.1. The summed E-state index contributed by atoms with van der Waals surface area (Å²) in [7, 11) is 0. The lowest BCUT2D eigenvalue weighted by atomic mass is 9.97. The van der Waals surface area contributed by atoms with Gasteiger partial charge in [0.1, 0.15) is 34.5 Å². The van der Waals surface area contributed by atoms with E-state index in [4.69, 9.17) is 0 Å². The number of nitrogens with one attached hydrogen (secondary N) is 3. The zero-order valence-electron chi connectivity index (χ0n) is 30.0. The second-order valence-electron chi connectivity index (χ2n) is 13.0. The summed E-state index contributed by atoms with van der Waals surface area (Å²) < 4.78 is 0. The van der Waals surface area contributed by atoms with Crippen LogP contribution in [0.5, 0.6) is 34.5 Å². The van der Waals surface area contributed by atoms with Crippen LogP contribution in [-0.4, -0.2) is 68.6 Å². The molecule has 0 aliphatic rings. The molecule has 52 heavy (non-hydrogen) atoms. The number of unbranched alkanes of at least 4 members (excludes halogenated alkanes) is 3. The SMILES string of the molecule is Cc1c(/C=C/CCCC(=O)NCCCCNCCCNC(=O)CCC/C=C/c2c(C)c(O)c3cccc(O)c3c2O)c(O)c2c(O)cccc2c1O. The molecule has 0 aromatic heterocycles. The number of allylic oxidation sites excluding steroid dienone is 2. The molecule has 0 fully saturated rings. The highest BCUT2D eigenvalue weighted by Crippen LogP contribution is 2.45. The summed E-state index contributed by atoms with van der Waals surface area (Å²) in [5.41, 5.74) is 1.91. The van der Waals surface area contributed by atoms with E-state index < -0.39 is 0 Å². The monoisotopic (exact) mass is 713 g/mol. The van der Waals surface area contributed by atoms with Crippen LogP contribution in [0.15, 0.2) is 48.6 Å². The number of carbonyl (C=O) groups is 2. The molecule has 0 spiro atoms.